The van der Waals surface area contributed by atoms with Crippen LogP contribution >= 0.6 is 0 Å². The van der Waals surface area contributed by atoms with E-state index >= 15 is 0 Å². The molecule has 0 bridgehead atoms. The molecule has 7 heteroatoms. The molecule has 0 aliphatic rings. The number of nitrogens with one attached hydrogen (secondary N) is 2. The van der Waals surface area contributed by atoms with Gasteiger partial charge in [-0.05, 0) is 27.7 Å². The molecule has 0 saturated heterocycles. The van der Waals surface area contributed by atoms with Gasteiger partial charge in [0, 0.05) is 0 Å². The van der Waals surface area contributed by atoms with E-state index in [0.29, 0.717) is 0 Å². The summed E-state index contributed by atoms with van der Waals surface area (Å²) in [4.78, 5) is 34.2. The normalized spacial score (nSPS) is 12.0. The molecule has 0 heterocycles. The van der Waals surface area contributed by atoms with Crippen molar-refractivity contribution in [1.82, 2.24) is 10.6 Å². The van der Waals surface area contributed by atoms with Gasteiger partial charge < -0.3 is 20.1 Å². The Kier molecular flexibility index (Phi) is 7.35. The number of amides is 2. The minimum absolute atomic E-state index is 0.0537. The summed E-state index contributed by atoms with van der Waals surface area (Å²) in [5, 5.41) is 4.68. The second-order valence-electron chi connectivity index (χ2n) is 5.06. The predicted octanol–water partition coefficient (Wildman–Crippen LogP) is 0.745. The minimum atomic E-state index is -0.824. The lowest BCUT2D eigenvalue weighted by molar-refractivity contribution is -0.154. The van der Waals surface area contributed by atoms with Crippen molar-refractivity contribution in [1.29, 1.82) is 0 Å². The summed E-state index contributed by atoms with van der Waals surface area (Å²) in [6.45, 7) is 9.84. The van der Waals surface area contributed by atoms with Gasteiger partial charge in [-0.1, -0.05) is 12.7 Å². The summed E-state index contributed by atoms with van der Waals surface area (Å²) in [6.07, 6.45) is 0.678. The van der Waals surface area contributed by atoms with Crippen LogP contribution in [-0.4, -0.2) is 42.8 Å². The molecule has 0 aliphatic carbocycles. The number of carbonyl (C=O) groups is 3. The summed E-state index contributed by atoms with van der Waals surface area (Å²) < 4.78 is 9.69. The zero-order valence-corrected chi connectivity index (χ0v) is 12.3. The van der Waals surface area contributed by atoms with Crippen LogP contribution in [0, 0.1) is 0 Å². The molecule has 20 heavy (non-hydrogen) atoms. The van der Waals surface area contributed by atoms with Crippen molar-refractivity contribution in [2.75, 3.05) is 13.2 Å². The van der Waals surface area contributed by atoms with Gasteiger partial charge in [0.15, 0.2) is 0 Å². The topological polar surface area (TPSA) is 93.7 Å². The Morgan fingerprint density at radius 3 is 2.40 bits per heavy atom. The average molecular weight is 286 g/mol. The number of rotatable bonds is 6. The monoisotopic (exact) mass is 286 g/mol. The van der Waals surface area contributed by atoms with Crippen LogP contribution in [0.25, 0.3) is 0 Å². The lowest BCUT2D eigenvalue weighted by Crippen LogP contribution is -2.46. The molecule has 0 aromatic heterocycles. The fourth-order valence-electron chi connectivity index (χ4n) is 1.11. The summed E-state index contributed by atoms with van der Waals surface area (Å²) in [7, 11) is 0. The number of ether oxygens (including phenoxy) is 2. The van der Waals surface area contributed by atoms with Crippen LogP contribution in [0.15, 0.2) is 12.7 Å². The molecule has 0 rings (SSSR count). The van der Waals surface area contributed by atoms with E-state index in [1.54, 1.807) is 20.8 Å². The van der Waals surface area contributed by atoms with Crippen molar-refractivity contribution in [3.63, 3.8) is 0 Å². The fourth-order valence-corrected chi connectivity index (χ4v) is 1.11. The van der Waals surface area contributed by atoms with E-state index in [2.05, 4.69) is 21.9 Å². The predicted molar refractivity (Wildman–Crippen MR) is 73.0 cm³/mol. The van der Waals surface area contributed by atoms with Crippen molar-refractivity contribution in [2.45, 2.75) is 39.3 Å². The Balaban J connectivity index is 4.05. The zero-order valence-electron chi connectivity index (χ0n) is 12.3. The van der Waals surface area contributed by atoms with Crippen LogP contribution in [0.4, 0.5) is 4.79 Å². The highest BCUT2D eigenvalue weighted by Crippen LogP contribution is 2.06. The van der Waals surface area contributed by atoms with E-state index in [1.807, 2.05) is 0 Å². The van der Waals surface area contributed by atoms with Crippen LogP contribution in [-0.2, 0) is 19.1 Å². The van der Waals surface area contributed by atoms with Crippen molar-refractivity contribution in [2.24, 2.45) is 0 Å². The molecule has 2 amide bonds. The smallest absolute Gasteiger partial charge is 0.408 e. The number of hydrogen-bond donors (Lipinski definition) is 2. The lowest BCUT2D eigenvalue weighted by atomic mass is 10.2. The summed E-state index contributed by atoms with van der Waals surface area (Å²) in [5.41, 5.74) is -0.611. The molecule has 1 atom stereocenters. The molecule has 0 fully saturated rings. The van der Waals surface area contributed by atoms with E-state index in [9.17, 15) is 14.4 Å². The molecule has 7 nitrogen and oxygen atoms in total. The van der Waals surface area contributed by atoms with Crippen LogP contribution in [0.3, 0.4) is 0 Å². The Labute approximate surface area is 118 Å². The standard InChI is InChI=1S/C13H22N2O5/c1-6-7-19-12(18)15-9(2)11(17)14-8-10(16)20-13(3,4)5/h6,9H,1,7-8H2,2-5H3,(H,14,17)(H,15,18)/t9-/m0/s1. The summed E-state index contributed by atoms with van der Waals surface area (Å²) >= 11 is 0. The molecular weight excluding hydrogens is 264 g/mol. The average Bonchev–Trinajstić information content (AvgIpc) is 2.31. The highest BCUT2D eigenvalue weighted by molar-refractivity contribution is 5.87. The minimum Gasteiger partial charge on any atom is -0.459 e. The first-order valence-corrected chi connectivity index (χ1v) is 6.19. The molecule has 0 aliphatic heterocycles. The van der Waals surface area contributed by atoms with Crippen LogP contribution in [0.5, 0.6) is 0 Å². The molecule has 0 aromatic carbocycles. The van der Waals surface area contributed by atoms with Gasteiger partial charge in [0.05, 0.1) is 0 Å². The number of alkyl carbamates (subject to hydrolysis) is 1. The largest absolute Gasteiger partial charge is 0.459 e. The third kappa shape index (κ3) is 8.96. The first-order chi connectivity index (χ1) is 9.15. The first-order valence-electron chi connectivity index (χ1n) is 6.19. The van der Waals surface area contributed by atoms with E-state index < -0.39 is 29.6 Å². The third-order valence-corrected chi connectivity index (χ3v) is 1.89. The van der Waals surface area contributed by atoms with Gasteiger partial charge in [0.1, 0.15) is 24.8 Å². The second kappa shape index (κ2) is 8.19. The van der Waals surface area contributed by atoms with E-state index in [-0.39, 0.29) is 13.2 Å². The molecule has 0 spiro atoms. The molecule has 2 N–H and O–H groups in total. The lowest BCUT2D eigenvalue weighted by Gasteiger charge is -2.20. The molecule has 0 aromatic rings. The molecular formula is C13H22N2O5. The first kappa shape index (κ1) is 17.9. The Morgan fingerprint density at radius 2 is 1.90 bits per heavy atom. The van der Waals surface area contributed by atoms with Gasteiger partial charge in [-0.15, -0.1) is 0 Å². The van der Waals surface area contributed by atoms with E-state index in [0.717, 1.165) is 0 Å². The van der Waals surface area contributed by atoms with Crippen molar-refractivity contribution >= 4 is 18.0 Å². The zero-order chi connectivity index (χ0) is 15.8. The highest BCUT2D eigenvalue weighted by atomic mass is 16.6. The quantitative estimate of drug-likeness (QED) is 0.555. The van der Waals surface area contributed by atoms with Crippen molar-refractivity contribution < 1.29 is 23.9 Å². The van der Waals surface area contributed by atoms with Gasteiger partial charge in [-0.2, -0.15) is 0 Å². The van der Waals surface area contributed by atoms with Gasteiger partial charge in [0.2, 0.25) is 5.91 Å². The number of carbonyl (C=O) groups excluding carboxylic acids is 3. The maximum absolute atomic E-state index is 11.6. The third-order valence-electron chi connectivity index (χ3n) is 1.89. The molecule has 0 unspecified atom stereocenters. The maximum Gasteiger partial charge on any atom is 0.408 e. The Hall–Kier alpha value is -2.05. The van der Waals surface area contributed by atoms with Crippen LogP contribution < -0.4 is 10.6 Å². The molecule has 114 valence electrons. The van der Waals surface area contributed by atoms with Gasteiger partial charge in [-0.3, -0.25) is 9.59 Å². The van der Waals surface area contributed by atoms with Crippen LogP contribution in [0.1, 0.15) is 27.7 Å². The number of hydrogen-bond acceptors (Lipinski definition) is 5. The van der Waals surface area contributed by atoms with Gasteiger partial charge >= 0.3 is 12.1 Å². The van der Waals surface area contributed by atoms with Crippen LogP contribution in [0.2, 0.25) is 0 Å². The maximum atomic E-state index is 11.6. The summed E-state index contributed by atoms with van der Waals surface area (Å²) in [5.74, 6) is -1.06. The van der Waals surface area contributed by atoms with Crippen molar-refractivity contribution in [3.8, 4) is 0 Å². The number of esters is 1. The molecule has 0 radical (unpaired) electrons. The second-order valence-corrected chi connectivity index (χ2v) is 5.06. The van der Waals surface area contributed by atoms with Gasteiger partial charge in [0.25, 0.3) is 0 Å². The molecule has 0 saturated carbocycles. The fraction of sp³-hybridized carbons (Fsp3) is 0.615. The Morgan fingerprint density at radius 1 is 1.30 bits per heavy atom. The van der Waals surface area contributed by atoms with E-state index in [4.69, 9.17) is 4.74 Å². The highest BCUT2D eigenvalue weighted by Gasteiger charge is 2.19. The van der Waals surface area contributed by atoms with Crippen molar-refractivity contribution in [3.05, 3.63) is 12.7 Å². The Bertz CT molecular complexity index is 373. The summed E-state index contributed by atoms with van der Waals surface area (Å²) in [6, 6.07) is -0.824. The van der Waals surface area contributed by atoms with E-state index in [1.165, 1.54) is 13.0 Å². The van der Waals surface area contributed by atoms with Gasteiger partial charge in [-0.25, -0.2) is 4.79 Å². The SMILES string of the molecule is C=CCOC(=O)N[C@@H](C)C(=O)NCC(=O)OC(C)(C)C.